The number of nitrogens with one attached hydrogen (secondary N) is 1. The Morgan fingerprint density at radius 1 is 1.05 bits per heavy atom. The highest BCUT2D eigenvalue weighted by Crippen LogP contribution is 2.61. The Balaban J connectivity index is 1.14. The first-order valence-corrected chi connectivity index (χ1v) is 15.9. The number of carbonyl (C=O) groups excluding carboxylic acids is 1. The fourth-order valence-corrected chi connectivity index (χ4v) is 7.99. The molecular formula is C37H51NO3. The van der Waals surface area contributed by atoms with Gasteiger partial charge in [0, 0.05) is 17.9 Å². The summed E-state index contributed by atoms with van der Waals surface area (Å²) < 4.78 is 0. The zero-order valence-corrected chi connectivity index (χ0v) is 25.4. The van der Waals surface area contributed by atoms with Crippen LogP contribution in [0, 0.1) is 40.9 Å². The standard InChI is InChI=1S/C37H51NO3/c1-27(35(40)28(2)15-12-18-37-23-31-19-32(24-37)21-33(20-31)25-37)13-8-5-4-6-9-14-29(3)36(41)38-34(26-39)22-30-16-10-7-11-17-30/h7-8,10-11,13-17,27,31-35,39-40H,6,9,12,18-26H2,1-3H3,(H,38,41)/b13-8+,28-15+,29-14+. The number of hydrogen-bond acceptors (Lipinski definition) is 3. The maximum absolute atomic E-state index is 12.5. The first-order valence-electron chi connectivity index (χ1n) is 15.9. The lowest BCUT2D eigenvalue weighted by Gasteiger charge is -2.57. The van der Waals surface area contributed by atoms with E-state index in [2.05, 4.69) is 30.2 Å². The first-order chi connectivity index (χ1) is 19.8. The van der Waals surface area contributed by atoms with Crippen LogP contribution < -0.4 is 5.32 Å². The summed E-state index contributed by atoms with van der Waals surface area (Å²) in [6, 6.07) is 9.54. The van der Waals surface area contributed by atoms with E-state index in [4.69, 9.17) is 0 Å². The highest BCUT2D eigenvalue weighted by atomic mass is 16.3. The predicted octanol–water partition coefficient (Wildman–Crippen LogP) is 6.93. The average Bonchev–Trinajstić information content (AvgIpc) is 2.95. The Labute approximate surface area is 248 Å². The molecule has 5 rings (SSSR count). The Kier molecular flexibility index (Phi) is 11.5. The molecule has 3 unspecified atom stereocenters. The Bertz CT molecular complexity index is 1120. The number of rotatable bonds is 13. The van der Waals surface area contributed by atoms with Crippen molar-refractivity contribution in [3.8, 4) is 11.8 Å². The van der Waals surface area contributed by atoms with Crippen LogP contribution in [0.15, 0.2) is 65.8 Å². The van der Waals surface area contributed by atoms with Crippen molar-refractivity contribution < 1.29 is 15.0 Å². The molecular weight excluding hydrogens is 506 g/mol. The van der Waals surface area contributed by atoms with Crippen LogP contribution >= 0.6 is 0 Å². The van der Waals surface area contributed by atoms with Gasteiger partial charge in [-0.3, -0.25) is 4.79 Å². The van der Waals surface area contributed by atoms with Crippen molar-refractivity contribution >= 4 is 5.91 Å². The largest absolute Gasteiger partial charge is 0.394 e. The third-order valence-corrected chi connectivity index (χ3v) is 9.81. The van der Waals surface area contributed by atoms with E-state index in [0.717, 1.165) is 35.3 Å². The summed E-state index contributed by atoms with van der Waals surface area (Å²) in [5, 5.41) is 23.4. The van der Waals surface area contributed by atoms with Crippen molar-refractivity contribution in [2.75, 3.05) is 6.61 Å². The fourth-order valence-electron chi connectivity index (χ4n) is 7.99. The SMILES string of the molecule is C/C(=C\CCC#C/C=C/C(C)C(O)/C(C)=C/CCC12CC3CC(CC(C3)C1)C2)C(=O)NC(CO)Cc1ccccc1. The quantitative estimate of drug-likeness (QED) is 0.107. The molecule has 4 nitrogen and oxygen atoms in total. The van der Waals surface area contributed by atoms with Crippen molar-refractivity contribution in [3.05, 3.63) is 71.3 Å². The maximum Gasteiger partial charge on any atom is 0.246 e. The van der Waals surface area contributed by atoms with Crippen LogP contribution in [0.25, 0.3) is 0 Å². The van der Waals surface area contributed by atoms with Gasteiger partial charge in [0.25, 0.3) is 0 Å². The molecule has 0 radical (unpaired) electrons. The van der Waals surface area contributed by atoms with E-state index in [1.54, 1.807) is 6.92 Å². The lowest BCUT2D eigenvalue weighted by atomic mass is 9.48. The van der Waals surface area contributed by atoms with Crippen molar-refractivity contribution in [1.82, 2.24) is 5.32 Å². The normalized spacial score (nSPS) is 27.8. The summed E-state index contributed by atoms with van der Waals surface area (Å²) in [5.74, 6) is 9.06. The third-order valence-electron chi connectivity index (χ3n) is 9.81. The lowest BCUT2D eigenvalue weighted by molar-refractivity contribution is -0.118. The fraction of sp³-hybridized carbons (Fsp3) is 0.595. The molecule has 0 saturated heterocycles. The first kappa shape index (κ1) is 31.3. The van der Waals surface area contributed by atoms with Crippen LogP contribution in [0.1, 0.15) is 90.5 Å². The van der Waals surface area contributed by atoms with Crippen LogP contribution in [0.2, 0.25) is 0 Å². The Hall–Kier alpha value is -2.61. The zero-order chi connectivity index (χ0) is 29.2. The van der Waals surface area contributed by atoms with Gasteiger partial charge in [-0.25, -0.2) is 0 Å². The third kappa shape index (κ3) is 9.19. The minimum absolute atomic E-state index is 0.0151. The van der Waals surface area contributed by atoms with Crippen molar-refractivity contribution in [3.63, 3.8) is 0 Å². The molecule has 3 atom stereocenters. The number of benzene rings is 1. The molecule has 4 aliphatic carbocycles. The Morgan fingerprint density at radius 2 is 1.71 bits per heavy atom. The molecule has 3 N–H and O–H groups in total. The second kappa shape index (κ2) is 15.0. The van der Waals surface area contributed by atoms with E-state index in [0.29, 0.717) is 30.3 Å². The van der Waals surface area contributed by atoms with Crippen LogP contribution in [0.5, 0.6) is 0 Å². The van der Waals surface area contributed by atoms with E-state index in [9.17, 15) is 15.0 Å². The van der Waals surface area contributed by atoms with Gasteiger partial charge in [-0.2, -0.15) is 0 Å². The number of allylic oxidation sites excluding steroid dienone is 3. The van der Waals surface area contributed by atoms with Gasteiger partial charge >= 0.3 is 0 Å². The molecule has 4 bridgehead atoms. The van der Waals surface area contributed by atoms with Crippen LogP contribution in [-0.4, -0.2) is 34.9 Å². The van der Waals surface area contributed by atoms with E-state index in [-0.39, 0.29) is 24.5 Å². The van der Waals surface area contributed by atoms with E-state index in [1.165, 1.54) is 44.9 Å². The predicted molar refractivity (Wildman–Crippen MR) is 168 cm³/mol. The van der Waals surface area contributed by atoms with Gasteiger partial charge < -0.3 is 15.5 Å². The van der Waals surface area contributed by atoms with Gasteiger partial charge in [-0.05, 0) is 118 Å². The number of hydrogen-bond donors (Lipinski definition) is 3. The second-order valence-corrected chi connectivity index (χ2v) is 13.4. The molecule has 41 heavy (non-hydrogen) atoms. The molecule has 0 heterocycles. The summed E-state index contributed by atoms with van der Waals surface area (Å²) in [6.07, 6.45) is 20.7. The maximum atomic E-state index is 12.5. The van der Waals surface area contributed by atoms with E-state index < -0.39 is 6.10 Å². The highest BCUT2D eigenvalue weighted by Gasteiger charge is 2.50. The molecule has 0 aromatic heterocycles. The lowest BCUT2D eigenvalue weighted by Crippen LogP contribution is -2.45. The minimum Gasteiger partial charge on any atom is -0.394 e. The van der Waals surface area contributed by atoms with Crippen molar-refractivity contribution in [2.45, 2.75) is 104 Å². The molecule has 0 aliphatic heterocycles. The van der Waals surface area contributed by atoms with E-state index in [1.807, 2.05) is 55.5 Å². The van der Waals surface area contributed by atoms with Crippen LogP contribution in [0.4, 0.5) is 0 Å². The van der Waals surface area contributed by atoms with Crippen LogP contribution in [0.3, 0.4) is 0 Å². The minimum atomic E-state index is -0.474. The molecule has 1 amide bonds. The molecule has 4 saturated carbocycles. The summed E-state index contributed by atoms with van der Waals surface area (Å²) in [7, 11) is 0. The summed E-state index contributed by atoms with van der Waals surface area (Å²) in [4.78, 5) is 12.5. The molecule has 1 aromatic carbocycles. The number of aliphatic hydroxyl groups is 2. The van der Waals surface area contributed by atoms with Gasteiger partial charge in [0.2, 0.25) is 5.91 Å². The smallest absolute Gasteiger partial charge is 0.246 e. The highest BCUT2D eigenvalue weighted by molar-refractivity contribution is 5.92. The molecule has 4 fully saturated rings. The molecule has 222 valence electrons. The van der Waals surface area contributed by atoms with E-state index >= 15 is 0 Å². The number of carbonyl (C=O) groups is 1. The van der Waals surface area contributed by atoms with Gasteiger partial charge in [0.05, 0.1) is 18.8 Å². The number of unbranched alkanes of at least 4 members (excludes halogenated alkanes) is 1. The summed E-state index contributed by atoms with van der Waals surface area (Å²) in [6.45, 7) is 5.80. The average molecular weight is 558 g/mol. The van der Waals surface area contributed by atoms with Crippen LogP contribution in [-0.2, 0) is 11.2 Å². The molecule has 1 aromatic rings. The van der Waals surface area contributed by atoms with Crippen molar-refractivity contribution in [1.29, 1.82) is 0 Å². The number of aliphatic hydroxyl groups excluding tert-OH is 2. The van der Waals surface area contributed by atoms with Gasteiger partial charge in [0.15, 0.2) is 0 Å². The number of amides is 1. The molecule has 0 spiro atoms. The second-order valence-electron chi connectivity index (χ2n) is 13.4. The monoisotopic (exact) mass is 557 g/mol. The van der Waals surface area contributed by atoms with Gasteiger partial charge in [-0.15, -0.1) is 0 Å². The Morgan fingerprint density at radius 3 is 2.34 bits per heavy atom. The molecule has 4 heteroatoms. The zero-order valence-electron chi connectivity index (χ0n) is 25.4. The van der Waals surface area contributed by atoms with Crippen molar-refractivity contribution in [2.24, 2.45) is 29.1 Å². The summed E-state index contributed by atoms with van der Waals surface area (Å²) in [5.41, 5.74) is 3.39. The summed E-state index contributed by atoms with van der Waals surface area (Å²) >= 11 is 0. The van der Waals surface area contributed by atoms with Gasteiger partial charge in [-0.1, -0.05) is 67.3 Å². The van der Waals surface area contributed by atoms with Gasteiger partial charge in [0.1, 0.15) is 0 Å². The molecule has 4 aliphatic rings. The topological polar surface area (TPSA) is 69.6 Å².